The number of carbonyl (C=O) groups is 2. The lowest BCUT2D eigenvalue weighted by molar-refractivity contribution is -0.144. The first-order valence-electron chi connectivity index (χ1n) is 19.5. The van der Waals surface area contributed by atoms with Crippen molar-refractivity contribution in [2.45, 2.75) is 76.9 Å². The van der Waals surface area contributed by atoms with Crippen LogP contribution in [0.2, 0.25) is 6.32 Å². The van der Waals surface area contributed by atoms with Crippen molar-refractivity contribution in [2.75, 3.05) is 13.1 Å². The Morgan fingerprint density at radius 2 is 1.57 bits per heavy atom. The molecule has 2 amide bonds. The molecule has 0 unspecified atom stereocenters. The molecule has 272 valence electrons. The molecule has 0 saturated carbocycles. The van der Waals surface area contributed by atoms with E-state index in [1.165, 1.54) is 11.1 Å². The Morgan fingerprint density at radius 1 is 0.868 bits per heavy atom. The third-order valence-electron chi connectivity index (χ3n) is 12.2. The third-order valence-corrected chi connectivity index (χ3v) is 12.2. The number of piperidine rings is 1. The Kier molecular flexibility index (Phi) is 10.4. The van der Waals surface area contributed by atoms with Gasteiger partial charge in [0.2, 0.25) is 11.8 Å². The molecule has 3 fully saturated rings. The Balaban J connectivity index is 1.05. The number of allylic oxidation sites excluding steroid dienone is 2. The second-order valence-electron chi connectivity index (χ2n) is 15.4. The van der Waals surface area contributed by atoms with Crippen molar-refractivity contribution in [3.05, 3.63) is 125 Å². The molecule has 0 aromatic heterocycles. The fourth-order valence-corrected chi connectivity index (χ4v) is 9.72. The number of likely N-dealkylation sites (tertiary alicyclic amines) is 2. The minimum atomic E-state index is -1.00. The number of amides is 2. The summed E-state index contributed by atoms with van der Waals surface area (Å²) in [5.41, 5.74) is 6.93. The summed E-state index contributed by atoms with van der Waals surface area (Å²) in [7, 11) is -1.00. The van der Waals surface area contributed by atoms with E-state index in [-0.39, 0.29) is 41.5 Å². The van der Waals surface area contributed by atoms with E-state index < -0.39 is 13.0 Å². The van der Waals surface area contributed by atoms with E-state index in [1.807, 2.05) is 54.6 Å². The fourth-order valence-electron chi connectivity index (χ4n) is 9.72. The van der Waals surface area contributed by atoms with E-state index in [0.29, 0.717) is 25.6 Å². The van der Waals surface area contributed by atoms with Gasteiger partial charge in [-0.25, -0.2) is 0 Å². The second kappa shape index (κ2) is 15.5. The van der Waals surface area contributed by atoms with E-state index in [2.05, 4.69) is 54.3 Å². The molecule has 7 nitrogen and oxygen atoms in total. The van der Waals surface area contributed by atoms with Gasteiger partial charge in [-0.2, -0.15) is 0 Å². The zero-order valence-electron chi connectivity index (χ0n) is 30.6. The van der Waals surface area contributed by atoms with Crippen molar-refractivity contribution in [1.82, 2.24) is 9.80 Å². The van der Waals surface area contributed by atoms with E-state index >= 15 is 0 Å². The number of hydrogen-bond acceptors (Lipinski definition) is 6. The molecule has 4 aliphatic rings. The van der Waals surface area contributed by atoms with Gasteiger partial charge in [0.15, 0.2) is 0 Å². The number of nitrogens with zero attached hydrogens (tertiary/aromatic N) is 2. The quantitative estimate of drug-likeness (QED) is 0.0749. The minimum absolute atomic E-state index is 0.0119. The topological polar surface area (TPSA) is 90.3 Å². The second-order valence-corrected chi connectivity index (χ2v) is 15.4. The maximum absolute atomic E-state index is 14.5. The predicted octanol–water partition coefficient (Wildman–Crippen LogP) is 8.13. The van der Waals surface area contributed by atoms with E-state index in [9.17, 15) is 19.7 Å². The molecule has 3 heterocycles. The standard InChI is InChI=1S/C45H49BN2O5/c1-2-11-34-27-38-43(45(51)48(44(38)50)35-22-24-47(25-23-35)29-30-12-5-3-6-13-30)39-28-46(52)53-41(42(34)39)21-19-32(31-14-7-4-8-15-31)26-33-18-20-40(49)37-17-10-9-16-36(33)37/h3-10,12-18,20,26,35,38-39,41,43,49,52H,2,11,19,21-25,27-29H2,1H3/b32-26-/t38-,39+,41-,43-/m1/s1. The van der Waals surface area contributed by atoms with E-state index in [4.69, 9.17) is 4.65 Å². The summed E-state index contributed by atoms with van der Waals surface area (Å²) in [6.45, 7) is 4.75. The van der Waals surface area contributed by atoms with Crippen molar-refractivity contribution in [3.63, 3.8) is 0 Å². The maximum atomic E-state index is 14.5. The number of benzene rings is 4. The van der Waals surface area contributed by atoms with Crippen LogP contribution in [0.5, 0.6) is 5.75 Å². The molecule has 1 aliphatic carbocycles. The van der Waals surface area contributed by atoms with E-state index in [1.54, 1.807) is 11.0 Å². The Hall–Kier alpha value is -4.50. The van der Waals surface area contributed by atoms with Crippen LogP contribution in [0.4, 0.5) is 0 Å². The molecule has 0 bridgehead atoms. The predicted molar refractivity (Wildman–Crippen MR) is 210 cm³/mol. The highest BCUT2D eigenvalue weighted by Crippen LogP contribution is 2.52. The minimum Gasteiger partial charge on any atom is -0.507 e. The summed E-state index contributed by atoms with van der Waals surface area (Å²) in [6.07, 6.45) is 7.46. The van der Waals surface area contributed by atoms with Crippen molar-refractivity contribution in [1.29, 1.82) is 0 Å². The van der Waals surface area contributed by atoms with Crippen LogP contribution in [0.25, 0.3) is 22.4 Å². The first-order valence-corrected chi connectivity index (χ1v) is 19.5. The zero-order valence-corrected chi connectivity index (χ0v) is 30.6. The summed E-state index contributed by atoms with van der Waals surface area (Å²) in [5.74, 6) is -0.831. The van der Waals surface area contributed by atoms with Crippen molar-refractivity contribution in [3.8, 4) is 5.75 Å². The van der Waals surface area contributed by atoms with Gasteiger partial charge in [-0.05, 0) is 90.1 Å². The largest absolute Gasteiger partial charge is 0.507 e. The molecule has 4 atom stereocenters. The van der Waals surface area contributed by atoms with Crippen LogP contribution in [-0.2, 0) is 20.8 Å². The van der Waals surface area contributed by atoms with Crippen molar-refractivity contribution in [2.24, 2.45) is 17.8 Å². The third kappa shape index (κ3) is 7.12. The smallest absolute Gasteiger partial charge is 0.455 e. The number of aromatic hydroxyl groups is 1. The summed E-state index contributed by atoms with van der Waals surface area (Å²) < 4.78 is 6.39. The van der Waals surface area contributed by atoms with Gasteiger partial charge in [-0.1, -0.05) is 116 Å². The van der Waals surface area contributed by atoms with Gasteiger partial charge in [0.05, 0.1) is 17.9 Å². The van der Waals surface area contributed by atoms with Crippen molar-refractivity contribution >= 4 is 41.4 Å². The first kappa shape index (κ1) is 35.5. The lowest BCUT2D eigenvalue weighted by Gasteiger charge is -2.43. The number of imide groups is 1. The molecule has 4 aromatic carbocycles. The SMILES string of the molecule is CCCC1=C2[C@@H](CC/C(=C/c3ccc(O)c4ccccc34)c3ccccc3)OB(O)C[C@@H]2[C@@H]2C(=O)N(C3CCN(Cc4ccccc4)CC3)C(=O)[C@@H]2C1. The lowest BCUT2D eigenvalue weighted by atomic mass is 9.58. The van der Waals surface area contributed by atoms with Crippen LogP contribution < -0.4 is 0 Å². The van der Waals surface area contributed by atoms with Crippen LogP contribution in [-0.4, -0.2) is 64.1 Å². The highest BCUT2D eigenvalue weighted by atomic mass is 16.5. The molecule has 8 heteroatoms. The summed E-state index contributed by atoms with van der Waals surface area (Å²) in [6, 6.07) is 32.3. The molecule has 3 saturated heterocycles. The number of fused-ring (bicyclic) bond motifs is 4. The summed E-state index contributed by atoms with van der Waals surface area (Å²) >= 11 is 0. The van der Waals surface area contributed by atoms with Crippen LogP contribution >= 0.6 is 0 Å². The van der Waals surface area contributed by atoms with Gasteiger partial charge in [-0.3, -0.25) is 19.4 Å². The number of rotatable bonds is 10. The van der Waals surface area contributed by atoms with Gasteiger partial charge in [0.1, 0.15) is 5.75 Å². The summed E-state index contributed by atoms with van der Waals surface area (Å²) in [4.78, 5) is 32.8. The number of hydrogen-bond donors (Lipinski definition) is 2. The molecule has 3 aliphatic heterocycles. The average molecular weight is 709 g/mol. The lowest BCUT2D eigenvalue weighted by Crippen LogP contribution is -2.48. The molecular weight excluding hydrogens is 659 g/mol. The molecule has 0 radical (unpaired) electrons. The van der Waals surface area contributed by atoms with Gasteiger partial charge in [0, 0.05) is 31.1 Å². The fraction of sp³-hybridized carbons (Fsp3) is 0.378. The Bertz CT molecular complexity index is 2020. The monoisotopic (exact) mass is 708 g/mol. The van der Waals surface area contributed by atoms with Crippen LogP contribution in [0, 0.1) is 17.8 Å². The van der Waals surface area contributed by atoms with Crippen molar-refractivity contribution < 1.29 is 24.4 Å². The number of carbonyl (C=O) groups excluding carboxylic acids is 2. The molecule has 53 heavy (non-hydrogen) atoms. The zero-order chi connectivity index (χ0) is 36.5. The normalized spacial score (nSPS) is 24.2. The first-order chi connectivity index (χ1) is 25.9. The maximum Gasteiger partial charge on any atom is 0.455 e. The number of phenolic OH excluding ortho intramolecular Hbond substituents is 1. The Labute approximate surface area is 313 Å². The number of phenols is 1. The molecule has 0 spiro atoms. The summed E-state index contributed by atoms with van der Waals surface area (Å²) in [5, 5.41) is 23.6. The molecule has 4 aromatic rings. The highest BCUT2D eigenvalue weighted by molar-refractivity contribution is 6.43. The van der Waals surface area contributed by atoms with Crippen LogP contribution in [0.15, 0.2) is 108 Å². The molecule has 2 N–H and O–H groups in total. The van der Waals surface area contributed by atoms with Gasteiger partial charge < -0.3 is 14.8 Å². The van der Waals surface area contributed by atoms with Gasteiger partial charge in [0.25, 0.3) is 0 Å². The molecule has 8 rings (SSSR count). The van der Waals surface area contributed by atoms with Crippen LogP contribution in [0.3, 0.4) is 0 Å². The Morgan fingerprint density at radius 3 is 2.30 bits per heavy atom. The average Bonchev–Trinajstić information content (AvgIpc) is 3.43. The van der Waals surface area contributed by atoms with Crippen LogP contribution in [0.1, 0.15) is 68.6 Å². The van der Waals surface area contributed by atoms with Gasteiger partial charge >= 0.3 is 7.12 Å². The molecular formula is C45H49BN2O5. The van der Waals surface area contributed by atoms with E-state index in [0.717, 1.165) is 78.4 Å². The van der Waals surface area contributed by atoms with Gasteiger partial charge in [-0.15, -0.1) is 0 Å². The highest BCUT2D eigenvalue weighted by Gasteiger charge is 2.58.